The van der Waals surface area contributed by atoms with Gasteiger partial charge in [-0.1, -0.05) is 123 Å². The maximum Gasteiger partial charge on any atom is 0.232 e. The maximum absolute atomic E-state index is 16.3. The van der Waals surface area contributed by atoms with Crippen LogP contribution in [0.2, 0.25) is 20.1 Å². The molecule has 0 aliphatic carbocycles. The molecule has 0 aromatic heterocycles. The van der Waals surface area contributed by atoms with Gasteiger partial charge in [-0.2, -0.15) is 0 Å². The number of benzene rings is 6. The van der Waals surface area contributed by atoms with Crippen LogP contribution in [0.3, 0.4) is 0 Å². The van der Waals surface area contributed by atoms with Gasteiger partial charge in [0.2, 0.25) is 11.8 Å². The predicted octanol–water partition coefficient (Wildman–Crippen LogP) is 13.0. The average molecular weight is 1030 g/mol. The highest BCUT2D eigenvalue weighted by molar-refractivity contribution is 6.31. The summed E-state index contributed by atoms with van der Waals surface area (Å²) in [5, 5.41) is 8.33. The minimum absolute atomic E-state index is 0.0920. The molecule has 2 aliphatic heterocycles. The first-order chi connectivity index (χ1) is 33.4. The molecule has 70 heavy (non-hydrogen) atoms. The van der Waals surface area contributed by atoms with Crippen molar-refractivity contribution in [2.24, 2.45) is 23.7 Å². The number of nitrogens with zero attached hydrogens (tertiary/aromatic N) is 2. The van der Waals surface area contributed by atoms with E-state index in [2.05, 4.69) is 20.4 Å². The lowest BCUT2D eigenvalue weighted by atomic mass is 9.44. The minimum atomic E-state index is -2.24. The Morgan fingerprint density at radius 2 is 0.714 bits per heavy atom. The Labute approximate surface area is 427 Å². The SMILES string of the molecule is CC(C)CNC(=O)C(c1cc(F)cc(F)c1)(C1CN(C(c2ccc(Cl)cc2)c2ccc(Cl)cc2)C1)C(C(=O)NCC(C)C)(c1cc(F)cc(F)c1)C1CN(C(c2ccc(Cl)cc2)c2ccc(Cl)cc2)C1. The van der Waals surface area contributed by atoms with Gasteiger partial charge in [0.25, 0.3) is 0 Å². The van der Waals surface area contributed by atoms with E-state index in [0.29, 0.717) is 32.2 Å². The largest absolute Gasteiger partial charge is 0.355 e. The highest BCUT2D eigenvalue weighted by Gasteiger charge is 2.72. The molecule has 0 spiro atoms. The molecule has 2 unspecified atom stereocenters. The molecule has 2 atom stereocenters. The zero-order valence-electron chi connectivity index (χ0n) is 39.1. The number of rotatable bonds is 17. The van der Waals surface area contributed by atoms with E-state index in [1.807, 2.05) is 76.2 Å². The molecule has 2 N–H and O–H groups in total. The van der Waals surface area contributed by atoms with Crippen molar-refractivity contribution in [3.8, 4) is 0 Å². The lowest BCUT2D eigenvalue weighted by Gasteiger charge is -2.63. The van der Waals surface area contributed by atoms with E-state index in [0.717, 1.165) is 46.5 Å². The number of likely N-dealkylation sites (tertiary alicyclic amines) is 2. The van der Waals surface area contributed by atoms with Crippen molar-refractivity contribution in [2.75, 3.05) is 39.3 Å². The van der Waals surface area contributed by atoms with Gasteiger partial charge in [-0.25, -0.2) is 17.6 Å². The number of hydrogen-bond acceptors (Lipinski definition) is 4. The first-order valence-corrected chi connectivity index (χ1v) is 24.9. The van der Waals surface area contributed by atoms with Crippen LogP contribution in [0.5, 0.6) is 0 Å². The molecule has 2 saturated heterocycles. The number of carbonyl (C=O) groups excluding carboxylic acids is 2. The van der Waals surface area contributed by atoms with Crippen LogP contribution in [-0.4, -0.2) is 60.9 Å². The number of amides is 2. The van der Waals surface area contributed by atoms with Crippen molar-refractivity contribution in [1.29, 1.82) is 0 Å². The summed E-state index contributed by atoms with van der Waals surface area (Å²) in [6, 6.07) is 34.4. The Balaban J connectivity index is 1.40. The van der Waals surface area contributed by atoms with Crippen molar-refractivity contribution in [3.63, 3.8) is 0 Å². The van der Waals surface area contributed by atoms with Gasteiger partial charge in [-0.15, -0.1) is 0 Å². The van der Waals surface area contributed by atoms with E-state index < -0.39 is 69.8 Å². The Morgan fingerprint density at radius 1 is 0.471 bits per heavy atom. The molecular formula is C56H54Cl4F4N4O2. The number of hydrogen-bond donors (Lipinski definition) is 2. The molecule has 14 heteroatoms. The molecule has 0 radical (unpaired) electrons. The van der Waals surface area contributed by atoms with E-state index in [1.54, 1.807) is 48.5 Å². The summed E-state index contributed by atoms with van der Waals surface area (Å²) in [5.74, 6) is -7.42. The second-order valence-electron chi connectivity index (χ2n) is 19.5. The highest BCUT2D eigenvalue weighted by atomic mass is 35.5. The third-order valence-electron chi connectivity index (χ3n) is 13.8. The van der Waals surface area contributed by atoms with Crippen LogP contribution >= 0.6 is 46.4 Å². The molecule has 0 saturated carbocycles. The second-order valence-corrected chi connectivity index (χ2v) is 21.2. The zero-order valence-corrected chi connectivity index (χ0v) is 42.2. The average Bonchev–Trinajstić information content (AvgIpc) is 3.28. The molecule has 2 heterocycles. The Bertz CT molecular complexity index is 2480. The van der Waals surface area contributed by atoms with Gasteiger partial charge in [0.1, 0.15) is 23.3 Å². The van der Waals surface area contributed by atoms with Gasteiger partial charge in [0.15, 0.2) is 0 Å². The quantitative estimate of drug-likeness (QED) is 0.0894. The summed E-state index contributed by atoms with van der Waals surface area (Å²) in [4.78, 5) is 36.8. The molecule has 366 valence electrons. The number of halogens is 8. The van der Waals surface area contributed by atoms with Crippen LogP contribution in [0, 0.1) is 46.9 Å². The van der Waals surface area contributed by atoms with Crippen molar-refractivity contribution < 1.29 is 27.2 Å². The van der Waals surface area contributed by atoms with Crippen molar-refractivity contribution >= 4 is 58.2 Å². The fraction of sp³-hybridized carbons (Fsp3) is 0.321. The second kappa shape index (κ2) is 21.4. The normalized spacial score (nSPS) is 16.5. The van der Waals surface area contributed by atoms with E-state index in [-0.39, 0.29) is 62.2 Å². The van der Waals surface area contributed by atoms with Crippen LogP contribution in [0.15, 0.2) is 133 Å². The van der Waals surface area contributed by atoms with Crippen LogP contribution < -0.4 is 10.6 Å². The van der Waals surface area contributed by atoms with Crippen molar-refractivity contribution in [2.45, 2.75) is 50.6 Å². The lowest BCUT2D eigenvalue weighted by molar-refractivity contribution is -0.158. The third kappa shape index (κ3) is 10.2. The Kier molecular flexibility index (Phi) is 15.7. The van der Waals surface area contributed by atoms with Gasteiger partial charge < -0.3 is 10.6 Å². The molecule has 6 aromatic rings. The van der Waals surface area contributed by atoms with E-state index in [4.69, 9.17) is 46.4 Å². The summed E-state index contributed by atoms with van der Waals surface area (Å²) in [5.41, 5.74) is -1.32. The van der Waals surface area contributed by atoms with Gasteiger partial charge in [0.05, 0.1) is 22.9 Å². The van der Waals surface area contributed by atoms with Crippen LogP contribution in [0.25, 0.3) is 0 Å². The monoisotopic (exact) mass is 1030 g/mol. The van der Waals surface area contributed by atoms with Gasteiger partial charge in [-0.05, 0) is 118 Å². The van der Waals surface area contributed by atoms with Gasteiger partial charge >= 0.3 is 0 Å². The van der Waals surface area contributed by atoms with Gasteiger partial charge in [-0.3, -0.25) is 19.4 Å². The smallest absolute Gasteiger partial charge is 0.232 e. The fourth-order valence-electron chi connectivity index (χ4n) is 10.8. The summed E-state index contributed by atoms with van der Waals surface area (Å²) in [7, 11) is 0. The molecule has 2 fully saturated rings. The van der Waals surface area contributed by atoms with Crippen LogP contribution in [0.1, 0.15) is 73.2 Å². The summed E-state index contributed by atoms with van der Waals surface area (Å²) < 4.78 is 65.0. The van der Waals surface area contributed by atoms with Gasteiger partial charge in [0, 0.05) is 83.3 Å². The molecule has 6 nitrogen and oxygen atoms in total. The number of carbonyl (C=O) groups is 2. The van der Waals surface area contributed by atoms with Crippen molar-refractivity contribution in [1.82, 2.24) is 20.4 Å². The predicted molar refractivity (Wildman–Crippen MR) is 271 cm³/mol. The van der Waals surface area contributed by atoms with Crippen molar-refractivity contribution in [3.05, 3.63) is 210 Å². The lowest BCUT2D eigenvalue weighted by Crippen LogP contribution is -2.78. The molecule has 0 bridgehead atoms. The maximum atomic E-state index is 16.3. The zero-order chi connectivity index (χ0) is 50.1. The molecule has 6 aromatic carbocycles. The highest BCUT2D eigenvalue weighted by Crippen LogP contribution is 2.60. The fourth-order valence-corrected chi connectivity index (χ4v) is 11.3. The number of nitrogens with one attached hydrogen (secondary N) is 2. The standard InChI is InChI=1S/C56H54Cl4F4N4O2/c1-33(2)27-65-53(69)55(39-21-47(61)25-48(62)22-39,41-29-67(30-41)51(35-5-13-43(57)14-6-35)36-7-15-44(58)16-8-36)56(54(70)66-28-34(3)4,40-23-49(63)26-50(64)24-40)42-31-68(32-42)52(37-9-17-45(59)18-10-37)38-11-19-46(60)20-12-38/h5-26,33-34,41-42,51-52H,27-32H2,1-4H3,(H,65,69)(H,66,70). The van der Waals surface area contributed by atoms with Crippen LogP contribution in [0.4, 0.5) is 17.6 Å². The summed E-state index contributed by atoms with van der Waals surface area (Å²) in [6.07, 6.45) is 0. The first-order valence-electron chi connectivity index (χ1n) is 23.4. The van der Waals surface area contributed by atoms with E-state index in [1.165, 1.54) is 0 Å². The summed E-state index contributed by atoms with van der Waals surface area (Å²) >= 11 is 25.6. The summed E-state index contributed by atoms with van der Waals surface area (Å²) in [6.45, 7) is 8.20. The molecule has 2 amide bonds. The molecular weight excluding hydrogens is 978 g/mol. The Hall–Kier alpha value is -4.94. The third-order valence-corrected chi connectivity index (χ3v) is 14.8. The Morgan fingerprint density at radius 3 is 0.943 bits per heavy atom. The minimum Gasteiger partial charge on any atom is -0.355 e. The van der Waals surface area contributed by atoms with E-state index in [9.17, 15) is 0 Å². The van der Waals surface area contributed by atoms with Crippen LogP contribution in [-0.2, 0) is 20.4 Å². The molecule has 2 aliphatic rings. The molecule has 8 rings (SSSR count). The topological polar surface area (TPSA) is 64.7 Å². The first kappa shape index (κ1) is 51.4. The van der Waals surface area contributed by atoms with E-state index >= 15 is 27.2 Å².